The number of carbonyl (C=O) groups excluding carboxylic acids is 2. The molecule has 1 aliphatic rings. The van der Waals surface area contributed by atoms with Crippen molar-refractivity contribution in [2.45, 2.75) is 26.3 Å². The summed E-state index contributed by atoms with van der Waals surface area (Å²) in [7, 11) is 0. The van der Waals surface area contributed by atoms with Gasteiger partial charge in [0.25, 0.3) is 16.8 Å². The molecule has 0 spiro atoms. The molecule has 0 aliphatic carbocycles. The molecule has 1 atom stereocenters. The van der Waals surface area contributed by atoms with Gasteiger partial charge in [-0.15, -0.1) is 0 Å². The Morgan fingerprint density at radius 1 is 1.33 bits per heavy atom. The first kappa shape index (κ1) is 19.2. The van der Waals surface area contributed by atoms with Crippen LogP contribution in [0.5, 0.6) is 0 Å². The molecule has 0 unspecified atom stereocenters. The van der Waals surface area contributed by atoms with Crippen LogP contribution in [-0.4, -0.2) is 27.0 Å². The second-order valence-corrected chi connectivity index (χ2v) is 7.36. The number of thioether (sulfide) groups is 1. The van der Waals surface area contributed by atoms with Gasteiger partial charge in [0.2, 0.25) is 0 Å². The third-order valence-corrected chi connectivity index (χ3v) is 5.30. The van der Waals surface area contributed by atoms with Crippen molar-refractivity contribution in [3.05, 3.63) is 56.1 Å². The standard InChI is InChI=1S/C18H15ClN2O5S/c1-3-10(2)20-17(22)16(27-18(20)23)9-12-5-7-15(26-12)13-6-4-11(19)8-14(13)21(24)25/h4-10H,3H2,1-2H3/b16-9+/t10-/m1/s1. The van der Waals surface area contributed by atoms with Gasteiger partial charge in [0.15, 0.2) is 0 Å². The summed E-state index contributed by atoms with van der Waals surface area (Å²) < 4.78 is 5.65. The van der Waals surface area contributed by atoms with E-state index in [2.05, 4.69) is 0 Å². The van der Waals surface area contributed by atoms with Crippen molar-refractivity contribution in [2.24, 2.45) is 0 Å². The molecular formula is C18H15ClN2O5S. The number of imide groups is 1. The first-order valence-corrected chi connectivity index (χ1v) is 9.32. The van der Waals surface area contributed by atoms with Crippen LogP contribution in [0.15, 0.2) is 39.7 Å². The Hall–Kier alpha value is -2.58. The minimum Gasteiger partial charge on any atom is -0.456 e. The molecule has 0 N–H and O–H groups in total. The highest BCUT2D eigenvalue weighted by molar-refractivity contribution is 8.18. The summed E-state index contributed by atoms with van der Waals surface area (Å²) >= 11 is 6.67. The molecule has 0 bridgehead atoms. The highest BCUT2D eigenvalue weighted by Gasteiger charge is 2.37. The predicted octanol–water partition coefficient (Wildman–Crippen LogP) is 5.34. The van der Waals surface area contributed by atoms with Gasteiger partial charge < -0.3 is 4.42 Å². The molecule has 1 aromatic carbocycles. The van der Waals surface area contributed by atoms with E-state index in [-0.39, 0.29) is 44.1 Å². The molecule has 7 nitrogen and oxygen atoms in total. The maximum absolute atomic E-state index is 12.4. The minimum atomic E-state index is -0.541. The number of hydrogen-bond donors (Lipinski definition) is 0. The molecule has 2 amide bonds. The highest BCUT2D eigenvalue weighted by Crippen LogP contribution is 2.36. The van der Waals surface area contributed by atoms with E-state index < -0.39 is 4.92 Å². The van der Waals surface area contributed by atoms with Crippen molar-refractivity contribution < 1.29 is 18.9 Å². The van der Waals surface area contributed by atoms with Gasteiger partial charge in [-0.2, -0.15) is 0 Å². The van der Waals surface area contributed by atoms with E-state index >= 15 is 0 Å². The van der Waals surface area contributed by atoms with E-state index in [0.717, 1.165) is 11.8 Å². The quantitative estimate of drug-likeness (QED) is 0.377. The lowest BCUT2D eigenvalue weighted by molar-refractivity contribution is -0.384. The molecule has 0 saturated carbocycles. The fraction of sp³-hybridized carbons (Fsp3) is 0.222. The van der Waals surface area contributed by atoms with Crippen LogP contribution in [0.3, 0.4) is 0 Å². The zero-order valence-corrected chi connectivity index (χ0v) is 16.0. The molecule has 3 rings (SSSR count). The van der Waals surface area contributed by atoms with Gasteiger partial charge in [-0.05, 0) is 49.4 Å². The number of nitrogens with zero attached hydrogens (tertiary/aromatic N) is 2. The fourth-order valence-corrected chi connectivity index (χ4v) is 3.69. The van der Waals surface area contributed by atoms with Gasteiger partial charge in [0.1, 0.15) is 11.5 Å². The Morgan fingerprint density at radius 3 is 2.74 bits per heavy atom. The van der Waals surface area contributed by atoms with E-state index in [0.29, 0.717) is 12.2 Å². The minimum absolute atomic E-state index is 0.180. The Morgan fingerprint density at radius 2 is 2.07 bits per heavy atom. The second kappa shape index (κ2) is 7.58. The van der Waals surface area contributed by atoms with Crippen molar-refractivity contribution in [2.75, 3.05) is 0 Å². The summed E-state index contributed by atoms with van der Waals surface area (Å²) in [6.07, 6.45) is 2.13. The van der Waals surface area contributed by atoms with Crippen LogP contribution in [0.25, 0.3) is 17.4 Å². The van der Waals surface area contributed by atoms with Gasteiger partial charge in [-0.25, -0.2) is 0 Å². The first-order valence-electron chi connectivity index (χ1n) is 8.13. The average molecular weight is 407 g/mol. The maximum atomic E-state index is 12.4. The summed E-state index contributed by atoms with van der Waals surface area (Å²) in [5.41, 5.74) is 0.0947. The maximum Gasteiger partial charge on any atom is 0.293 e. The van der Waals surface area contributed by atoms with Crippen LogP contribution in [-0.2, 0) is 4.79 Å². The van der Waals surface area contributed by atoms with Gasteiger partial charge in [0, 0.05) is 23.2 Å². The number of carbonyl (C=O) groups is 2. The van der Waals surface area contributed by atoms with Crippen molar-refractivity contribution in [1.29, 1.82) is 0 Å². The van der Waals surface area contributed by atoms with Crippen LogP contribution >= 0.6 is 23.4 Å². The Balaban J connectivity index is 1.92. The third-order valence-electron chi connectivity index (χ3n) is 4.18. The molecule has 2 heterocycles. The van der Waals surface area contributed by atoms with Crippen LogP contribution < -0.4 is 0 Å². The second-order valence-electron chi connectivity index (χ2n) is 5.93. The lowest BCUT2D eigenvalue weighted by Crippen LogP contribution is -2.36. The van der Waals surface area contributed by atoms with Crippen LogP contribution in [0, 0.1) is 10.1 Å². The zero-order chi connectivity index (χ0) is 19.7. The number of rotatable bonds is 5. The van der Waals surface area contributed by atoms with Gasteiger partial charge >= 0.3 is 0 Å². The number of nitro groups is 1. The first-order chi connectivity index (χ1) is 12.8. The highest BCUT2D eigenvalue weighted by atomic mass is 35.5. The van der Waals surface area contributed by atoms with Crippen LogP contribution in [0.2, 0.25) is 5.02 Å². The van der Waals surface area contributed by atoms with Gasteiger partial charge in [-0.3, -0.25) is 24.6 Å². The Kier molecular flexibility index (Phi) is 5.38. The lowest BCUT2D eigenvalue weighted by atomic mass is 10.1. The van der Waals surface area contributed by atoms with Gasteiger partial charge in [0.05, 0.1) is 15.4 Å². The molecular weight excluding hydrogens is 392 g/mol. The predicted molar refractivity (Wildman–Crippen MR) is 103 cm³/mol. The summed E-state index contributed by atoms with van der Waals surface area (Å²) in [6.45, 7) is 3.71. The number of amides is 2. The molecule has 140 valence electrons. The summed E-state index contributed by atoms with van der Waals surface area (Å²) in [5.74, 6) is 0.226. The number of hydrogen-bond acceptors (Lipinski definition) is 6. The number of benzene rings is 1. The molecule has 27 heavy (non-hydrogen) atoms. The SMILES string of the molecule is CC[C@@H](C)N1C(=O)S/C(=C/c2ccc(-c3ccc(Cl)cc3[N+](=O)[O-])o2)C1=O. The fourth-order valence-electron chi connectivity index (χ4n) is 2.61. The van der Waals surface area contributed by atoms with Crippen molar-refractivity contribution in [3.63, 3.8) is 0 Å². The van der Waals surface area contributed by atoms with Crippen molar-refractivity contribution in [3.8, 4) is 11.3 Å². The topological polar surface area (TPSA) is 93.7 Å². The molecule has 2 aromatic rings. The summed E-state index contributed by atoms with van der Waals surface area (Å²) in [6, 6.07) is 7.25. The van der Waals surface area contributed by atoms with E-state index in [1.807, 2.05) is 13.8 Å². The number of nitro benzene ring substituents is 1. The Bertz CT molecular complexity index is 968. The summed E-state index contributed by atoms with van der Waals surface area (Å²) in [4.78, 5) is 36.7. The molecule has 1 saturated heterocycles. The van der Waals surface area contributed by atoms with E-state index in [1.54, 1.807) is 12.1 Å². The van der Waals surface area contributed by atoms with E-state index in [1.165, 1.54) is 29.2 Å². The van der Waals surface area contributed by atoms with Crippen molar-refractivity contribution >= 4 is 46.3 Å². The van der Waals surface area contributed by atoms with Crippen LogP contribution in [0.4, 0.5) is 10.5 Å². The average Bonchev–Trinajstić information content (AvgIpc) is 3.19. The normalized spacial score (nSPS) is 17.0. The smallest absolute Gasteiger partial charge is 0.293 e. The van der Waals surface area contributed by atoms with E-state index in [4.69, 9.17) is 16.0 Å². The third kappa shape index (κ3) is 3.77. The van der Waals surface area contributed by atoms with E-state index in [9.17, 15) is 19.7 Å². The molecule has 1 fully saturated rings. The molecule has 1 aromatic heterocycles. The monoisotopic (exact) mass is 406 g/mol. The molecule has 0 radical (unpaired) electrons. The largest absolute Gasteiger partial charge is 0.456 e. The Labute approximate surface area is 164 Å². The summed E-state index contributed by atoms with van der Waals surface area (Å²) in [5, 5.41) is 11.2. The molecule has 9 heteroatoms. The zero-order valence-electron chi connectivity index (χ0n) is 14.5. The van der Waals surface area contributed by atoms with Crippen molar-refractivity contribution in [1.82, 2.24) is 4.90 Å². The number of halogens is 1. The van der Waals surface area contributed by atoms with Crippen LogP contribution in [0.1, 0.15) is 26.0 Å². The molecule has 1 aliphatic heterocycles. The lowest BCUT2D eigenvalue weighted by Gasteiger charge is -2.19. The number of furan rings is 1. The van der Waals surface area contributed by atoms with Gasteiger partial charge in [-0.1, -0.05) is 18.5 Å².